The molecule has 0 aliphatic rings. The van der Waals surface area contributed by atoms with E-state index in [0.717, 1.165) is 38.2 Å². The van der Waals surface area contributed by atoms with Crippen molar-refractivity contribution in [2.24, 2.45) is 0 Å². The van der Waals surface area contributed by atoms with Crippen LogP contribution in [-0.2, 0) is 6.54 Å². The van der Waals surface area contributed by atoms with Crippen LogP contribution >= 0.6 is 23.4 Å². The summed E-state index contributed by atoms with van der Waals surface area (Å²) in [7, 11) is 0. The number of carbonyl (C=O) groups is 1. The van der Waals surface area contributed by atoms with Gasteiger partial charge in [-0.2, -0.15) is 0 Å². The Morgan fingerprint density at radius 2 is 1.64 bits per heavy atom. The lowest BCUT2D eigenvalue weighted by molar-refractivity contribution is 0.0991. The average molecular weight is 508 g/mol. The van der Waals surface area contributed by atoms with Gasteiger partial charge in [0, 0.05) is 27.7 Å². The van der Waals surface area contributed by atoms with Gasteiger partial charge in [-0.1, -0.05) is 102 Å². The van der Waals surface area contributed by atoms with Gasteiger partial charge < -0.3 is 9.55 Å². The molecule has 1 atom stereocenters. The number of carbonyl (C=O) groups excluding carboxylic acids is 1. The number of benzene rings is 4. The predicted octanol–water partition coefficient (Wildman–Crippen LogP) is 7.94. The average Bonchev–Trinajstić information content (AvgIpc) is 3.49. The maximum Gasteiger partial charge on any atom is 0.182 e. The zero-order valence-electron chi connectivity index (χ0n) is 19.3. The Bertz CT molecular complexity index is 1670. The highest BCUT2D eigenvalue weighted by Gasteiger charge is 2.28. The monoisotopic (exact) mass is 507 g/mol. The van der Waals surface area contributed by atoms with Crippen molar-refractivity contribution in [1.29, 1.82) is 0 Å². The molecule has 0 aliphatic heterocycles. The van der Waals surface area contributed by atoms with Crippen LogP contribution in [0.4, 0.5) is 0 Å². The van der Waals surface area contributed by atoms with Crippen LogP contribution in [0.15, 0.2) is 114 Å². The topological polar surface area (TPSA) is 50.7 Å². The lowest BCUT2D eigenvalue weighted by atomic mass is 10.0. The highest BCUT2D eigenvalue weighted by atomic mass is 35.5. The van der Waals surface area contributed by atoms with Gasteiger partial charge in [0.1, 0.15) is 5.25 Å². The maximum absolute atomic E-state index is 14.1. The van der Waals surface area contributed by atoms with Crippen LogP contribution in [0.25, 0.3) is 21.9 Å². The first-order chi connectivity index (χ1) is 17.7. The Morgan fingerprint density at radius 1 is 0.917 bits per heavy atom. The molecule has 6 rings (SSSR count). The number of Topliss-reactive ketones (excluding diaryl/α,β-unsaturated/α-hetero) is 1. The molecule has 4 aromatic carbocycles. The molecule has 176 valence electrons. The molecule has 0 aliphatic carbocycles. The molecular weight excluding hydrogens is 486 g/mol. The summed E-state index contributed by atoms with van der Waals surface area (Å²) in [6, 6.07) is 33.8. The van der Waals surface area contributed by atoms with Gasteiger partial charge in [0.25, 0.3) is 0 Å². The summed E-state index contributed by atoms with van der Waals surface area (Å²) in [6.45, 7) is 0.643. The van der Waals surface area contributed by atoms with Gasteiger partial charge in [0.15, 0.2) is 10.9 Å². The third-order valence-corrected chi connectivity index (χ3v) is 7.76. The number of nitrogens with one attached hydrogen (secondary N) is 1. The number of hydrogen-bond donors (Lipinski definition) is 1. The minimum absolute atomic E-state index is 0.0417. The normalized spacial score (nSPS) is 12.2. The standard InChI is InChI=1S/C30H22ClN3OS/c31-22-15-16-27-26(17-22)33-30(34(27)19-20-9-3-1-4-10-20)36-29(21-11-5-2-6-12-21)28(35)24-18-32-25-14-8-7-13-23(24)25/h1-18,29,32H,19H2/t29-/m1/s1. The Kier molecular flexibility index (Phi) is 6.09. The molecule has 0 fully saturated rings. The number of halogens is 1. The summed E-state index contributed by atoms with van der Waals surface area (Å²) in [5.41, 5.74) is 5.52. The number of hydrogen-bond acceptors (Lipinski definition) is 3. The van der Waals surface area contributed by atoms with Crippen LogP contribution in [0.3, 0.4) is 0 Å². The van der Waals surface area contributed by atoms with Crippen LogP contribution < -0.4 is 0 Å². The molecule has 4 nitrogen and oxygen atoms in total. The molecule has 0 saturated heterocycles. The fourth-order valence-electron chi connectivity index (χ4n) is 4.51. The minimum atomic E-state index is -0.466. The molecule has 0 radical (unpaired) electrons. The van der Waals surface area contributed by atoms with Crippen molar-refractivity contribution < 1.29 is 4.79 Å². The van der Waals surface area contributed by atoms with E-state index in [9.17, 15) is 4.79 Å². The number of para-hydroxylation sites is 1. The highest BCUT2D eigenvalue weighted by Crippen LogP contribution is 2.40. The number of H-pyrrole nitrogens is 1. The first-order valence-electron chi connectivity index (χ1n) is 11.7. The molecule has 0 unspecified atom stereocenters. The van der Waals surface area contributed by atoms with Gasteiger partial charge in [-0.3, -0.25) is 4.79 Å². The summed E-state index contributed by atoms with van der Waals surface area (Å²) >= 11 is 7.78. The number of ketones is 1. The third-order valence-electron chi connectivity index (χ3n) is 6.28. The fourth-order valence-corrected chi connectivity index (χ4v) is 5.86. The van der Waals surface area contributed by atoms with Crippen molar-refractivity contribution in [3.63, 3.8) is 0 Å². The molecule has 1 N–H and O–H groups in total. The zero-order chi connectivity index (χ0) is 24.5. The molecule has 0 saturated carbocycles. The second-order valence-electron chi connectivity index (χ2n) is 8.62. The van der Waals surface area contributed by atoms with E-state index >= 15 is 0 Å². The third kappa shape index (κ3) is 4.32. The number of nitrogens with zero attached hydrogens (tertiary/aromatic N) is 2. The lowest BCUT2D eigenvalue weighted by Crippen LogP contribution is -2.11. The van der Waals surface area contributed by atoms with Gasteiger partial charge >= 0.3 is 0 Å². The molecular formula is C30H22ClN3OS. The van der Waals surface area contributed by atoms with Crippen molar-refractivity contribution in [2.45, 2.75) is 17.0 Å². The number of rotatable bonds is 7. The predicted molar refractivity (Wildman–Crippen MR) is 148 cm³/mol. The van der Waals surface area contributed by atoms with E-state index in [1.165, 1.54) is 11.8 Å². The summed E-state index contributed by atoms with van der Waals surface area (Å²) in [6.07, 6.45) is 1.82. The minimum Gasteiger partial charge on any atom is -0.360 e. The van der Waals surface area contributed by atoms with E-state index in [0.29, 0.717) is 17.1 Å². The van der Waals surface area contributed by atoms with E-state index in [2.05, 4.69) is 21.7 Å². The van der Waals surface area contributed by atoms with Crippen molar-refractivity contribution in [3.8, 4) is 0 Å². The molecule has 36 heavy (non-hydrogen) atoms. The first kappa shape index (κ1) is 22.7. The molecule has 0 amide bonds. The van der Waals surface area contributed by atoms with Crippen LogP contribution in [0.2, 0.25) is 5.02 Å². The number of aromatic amines is 1. The first-order valence-corrected chi connectivity index (χ1v) is 12.9. The van der Waals surface area contributed by atoms with E-state index in [-0.39, 0.29) is 5.78 Å². The molecule has 2 heterocycles. The number of fused-ring (bicyclic) bond motifs is 2. The van der Waals surface area contributed by atoms with E-state index < -0.39 is 5.25 Å². The molecule has 6 aromatic rings. The SMILES string of the molecule is O=C(c1c[nH]c2ccccc12)[C@H](Sc1nc2cc(Cl)ccc2n1Cc1ccccc1)c1ccccc1. The van der Waals surface area contributed by atoms with Gasteiger partial charge in [-0.05, 0) is 35.4 Å². The Labute approximate surface area is 217 Å². The molecule has 6 heteroatoms. The van der Waals surface area contributed by atoms with Crippen molar-refractivity contribution in [2.75, 3.05) is 0 Å². The zero-order valence-corrected chi connectivity index (χ0v) is 20.8. The van der Waals surface area contributed by atoms with Gasteiger partial charge in [-0.25, -0.2) is 4.98 Å². The number of aromatic nitrogens is 3. The van der Waals surface area contributed by atoms with E-state index in [4.69, 9.17) is 16.6 Å². The second-order valence-corrected chi connectivity index (χ2v) is 10.1. The summed E-state index contributed by atoms with van der Waals surface area (Å²) in [4.78, 5) is 22.3. The molecule has 0 spiro atoms. The lowest BCUT2D eigenvalue weighted by Gasteiger charge is -2.17. The van der Waals surface area contributed by atoms with Crippen molar-refractivity contribution in [3.05, 3.63) is 131 Å². The Balaban J connectivity index is 1.46. The van der Waals surface area contributed by atoms with Crippen molar-refractivity contribution in [1.82, 2.24) is 14.5 Å². The van der Waals surface area contributed by atoms with Crippen LogP contribution in [0.1, 0.15) is 26.7 Å². The highest BCUT2D eigenvalue weighted by molar-refractivity contribution is 8.00. The van der Waals surface area contributed by atoms with Crippen LogP contribution in [-0.4, -0.2) is 20.3 Å². The van der Waals surface area contributed by atoms with E-state index in [1.54, 1.807) is 0 Å². The van der Waals surface area contributed by atoms with Gasteiger partial charge in [0.05, 0.1) is 17.6 Å². The Hall–Kier alpha value is -3.80. The smallest absolute Gasteiger partial charge is 0.182 e. The second kappa shape index (κ2) is 9.69. The summed E-state index contributed by atoms with van der Waals surface area (Å²) < 4.78 is 2.17. The maximum atomic E-state index is 14.1. The van der Waals surface area contributed by atoms with Crippen LogP contribution in [0.5, 0.6) is 0 Å². The molecule has 0 bridgehead atoms. The number of thioether (sulfide) groups is 1. The largest absolute Gasteiger partial charge is 0.360 e. The van der Waals surface area contributed by atoms with E-state index in [1.807, 2.05) is 97.2 Å². The van der Waals surface area contributed by atoms with Crippen LogP contribution in [0, 0.1) is 0 Å². The van der Waals surface area contributed by atoms with Crippen molar-refractivity contribution >= 4 is 51.1 Å². The summed E-state index contributed by atoms with van der Waals surface area (Å²) in [5.74, 6) is 0.0417. The summed E-state index contributed by atoms with van der Waals surface area (Å²) in [5, 5.41) is 1.87. The van der Waals surface area contributed by atoms with Gasteiger partial charge in [-0.15, -0.1) is 0 Å². The molecule has 2 aromatic heterocycles. The number of imidazole rings is 1. The fraction of sp³-hybridized carbons (Fsp3) is 0.0667. The van der Waals surface area contributed by atoms with Gasteiger partial charge in [0.2, 0.25) is 0 Å². The Morgan fingerprint density at radius 3 is 2.44 bits per heavy atom. The quantitative estimate of drug-likeness (QED) is 0.176.